The Bertz CT molecular complexity index is 556. The van der Waals surface area contributed by atoms with E-state index in [0.29, 0.717) is 17.5 Å². The molecule has 3 heterocycles. The first-order valence-electron chi connectivity index (χ1n) is 9.37. The topological polar surface area (TPSA) is 54.9 Å². The number of carbonyl (C=O) groups excluding carboxylic acids is 1. The molecule has 0 N–H and O–H groups in total. The standard InChI is InChI=1S/C19H29N3O3/c1-15(2)21-8-3-9-22(11-10-21)19(23)16-4-5-18(20-14-16)25-17-6-12-24-13-7-17/h4-5,14-15,17H,3,6-13H2,1-2H3. The van der Waals surface area contributed by atoms with E-state index in [1.165, 1.54) is 0 Å². The summed E-state index contributed by atoms with van der Waals surface area (Å²) in [5, 5.41) is 0. The molecule has 2 aliphatic rings. The van der Waals surface area contributed by atoms with Crippen molar-refractivity contribution >= 4 is 5.91 Å². The Morgan fingerprint density at radius 1 is 1.20 bits per heavy atom. The lowest BCUT2D eigenvalue weighted by Crippen LogP contribution is -2.37. The van der Waals surface area contributed by atoms with Gasteiger partial charge in [-0.15, -0.1) is 0 Å². The van der Waals surface area contributed by atoms with Gasteiger partial charge in [-0.05, 0) is 26.3 Å². The number of rotatable bonds is 4. The minimum Gasteiger partial charge on any atom is -0.474 e. The zero-order chi connectivity index (χ0) is 17.6. The molecular formula is C19H29N3O3. The monoisotopic (exact) mass is 347 g/mol. The van der Waals surface area contributed by atoms with Crippen LogP contribution in [0.15, 0.2) is 18.3 Å². The van der Waals surface area contributed by atoms with E-state index in [9.17, 15) is 4.79 Å². The molecule has 2 saturated heterocycles. The number of pyridine rings is 1. The summed E-state index contributed by atoms with van der Waals surface area (Å²) in [5.74, 6) is 0.654. The molecule has 0 aromatic carbocycles. The maximum Gasteiger partial charge on any atom is 0.255 e. The Balaban J connectivity index is 1.56. The number of nitrogens with zero attached hydrogens (tertiary/aromatic N) is 3. The van der Waals surface area contributed by atoms with Crippen molar-refractivity contribution in [3.8, 4) is 5.88 Å². The molecule has 0 atom stereocenters. The van der Waals surface area contributed by atoms with Crippen molar-refractivity contribution in [1.82, 2.24) is 14.8 Å². The molecule has 6 heteroatoms. The lowest BCUT2D eigenvalue weighted by molar-refractivity contribution is 0.0237. The van der Waals surface area contributed by atoms with Gasteiger partial charge in [0, 0.05) is 57.3 Å². The minimum absolute atomic E-state index is 0.0655. The molecule has 0 saturated carbocycles. The summed E-state index contributed by atoms with van der Waals surface area (Å²) in [6, 6.07) is 4.16. The molecule has 0 aliphatic carbocycles. The Labute approximate surface area is 150 Å². The summed E-state index contributed by atoms with van der Waals surface area (Å²) < 4.78 is 11.2. The van der Waals surface area contributed by atoms with Crippen LogP contribution in [0.25, 0.3) is 0 Å². The van der Waals surface area contributed by atoms with Gasteiger partial charge >= 0.3 is 0 Å². The van der Waals surface area contributed by atoms with E-state index in [4.69, 9.17) is 9.47 Å². The van der Waals surface area contributed by atoms with Crippen LogP contribution in [0.3, 0.4) is 0 Å². The van der Waals surface area contributed by atoms with E-state index in [0.717, 1.165) is 58.7 Å². The first-order valence-corrected chi connectivity index (χ1v) is 9.37. The number of carbonyl (C=O) groups is 1. The van der Waals surface area contributed by atoms with Crippen molar-refractivity contribution in [3.63, 3.8) is 0 Å². The molecule has 6 nitrogen and oxygen atoms in total. The van der Waals surface area contributed by atoms with Crippen LogP contribution >= 0.6 is 0 Å². The van der Waals surface area contributed by atoms with Gasteiger partial charge in [0.15, 0.2) is 0 Å². The molecule has 0 spiro atoms. The van der Waals surface area contributed by atoms with Crippen molar-refractivity contribution in [1.29, 1.82) is 0 Å². The third-order valence-corrected chi connectivity index (χ3v) is 4.99. The number of hydrogen-bond donors (Lipinski definition) is 0. The minimum atomic E-state index is 0.0655. The Kier molecular flexibility index (Phi) is 6.26. The molecule has 3 rings (SSSR count). The van der Waals surface area contributed by atoms with Gasteiger partial charge in [0.25, 0.3) is 5.91 Å². The number of amides is 1. The maximum atomic E-state index is 12.7. The maximum absolute atomic E-state index is 12.7. The van der Waals surface area contributed by atoms with Gasteiger partial charge in [0.05, 0.1) is 18.8 Å². The summed E-state index contributed by atoms with van der Waals surface area (Å²) in [6.07, 6.45) is 4.60. The fraction of sp³-hybridized carbons (Fsp3) is 0.684. The highest BCUT2D eigenvalue weighted by Crippen LogP contribution is 2.17. The normalized spacial score (nSPS) is 20.5. The van der Waals surface area contributed by atoms with E-state index in [2.05, 4.69) is 23.7 Å². The van der Waals surface area contributed by atoms with Gasteiger partial charge in [-0.25, -0.2) is 4.98 Å². The van der Waals surface area contributed by atoms with Gasteiger partial charge in [-0.1, -0.05) is 0 Å². The fourth-order valence-corrected chi connectivity index (χ4v) is 3.38. The quantitative estimate of drug-likeness (QED) is 0.836. The summed E-state index contributed by atoms with van der Waals surface area (Å²) in [7, 11) is 0. The van der Waals surface area contributed by atoms with Crippen molar-refractivity contribution in [2.45, 2.75) is 45.3 Å². The van der Waals surface area contributed by atoms with Gasteiger partial charge in [-0.2, -0.15) is 0 Å². The molecule has 0 radical (unpaired) electrons. The second-order valence-corrected chi connectivity index (χ2v) is 7.09. The average Bonchev–Trinajstić information content (AvgIpc) is 2.89. The van der Waals surface area contributed by atoms with Crippen molar-refractivity contribution in [2.24, 2.45) is 0 Å². The van der Waals surface area contributed by atoms with E-state index in [1.807, 2.05) is 11.0 Å². The number of hydrogen-bond acceptors (Lipinski definition) is 5. The molecule has 2 fully saturated rings. The van der Waals surface area contributed by atoms with Crippen LogP contribution < -0.4 is 4.74 Å². The second kappa shape index (κ2) is 8.63. The van der Waals surface area contributed by atoms with Crippen LogP contribution in [-0.4, -0.2) is 72.2 Å². The van der Waals surface area contributed by atoms with Crippen molar-refractivity contribution in [2.75, 3.05) is 39.4 Å². The van der Waals surface area contributed by atoms with Crippen molar-refractivity contribution in [3.05, 3.63) is 23.9 Å². The van der Waals surface area contributed by atoms with Gasteiger partial charge < -0.3 is 14.4 Å². The third-order valence-electron chi connectivity index (χ3n) is 4.99. The molecule has 138 valence electrons. The van der Waals surface area contributed by atoms with Gasteiger partial charge in [0.1, 0.15) is 6.10 Å². The summed E-state index contributed by atoms with van der Waals surface area (Å²) in [4.78, 5) is 21.4. The predicted molar refractivity (Wildman–Crippen MR) is 95.9 cm³/mol. The van der Waals surface area contributed by atoms with Crippen LogP contribution in [0.5, 0.6) is 5.88 Å². The summed E-state index contributed by atoms with van der Waals surface area (Å²) in [5.41, 5.74) is 0.636. The van der Waals surface area contributed by atoms with Gasteiger partial charge in [0.2, 0.25) is 5.88 Å². The molecule has 1 aromatic heterocycles. The lowest BCUT2D eigenvalue weighted by Gasteiger charge is -2.25. The van der Waals surface area contributed by atoms with E-state index >= 15 is 0 Å². The average molecular weight is 347 g/mol. The highest BCUT2D eigenvalue weighted by molar-refractivity contribution is 5.94. The lowest BCUT2D eigenvalue weighted by atomic mass is 10.1. The van der Waals surface area contributed by atoms with E-state index in [-0.39, 0.29) is 12.0 Å². The van der Waals surface area contributed by atoms with Crippen LogP contribution in [0, 0.1) is 0 Å². The Hall–Kier alpha value is -1.66. The van der Waals surface area contributed by atoms with E-state index in [1.54, 1.807) is 12.3 Å². The predicted octanol–water partition coefficient (Wildman–Crippen LogP) is 2.20. The first-order chi connectivity index (χ1) is 12.1. The van der Waals surface area contributed by atoms with Gasteiger partial charge in [-0.3, -0.25) is 9.69 Å². The molecule has 25 heavy (non-hydrogen) atoms. The largest absolute Gasteiger partial charge is 0.474 e. The van der Waals surface area contributed by atoms with Crippen LogP contribution in [0.1, 0.15) is 43.5 Å². The van der Waals surface area contributed by atoms with Crippen molar-refractivity contribution < 1.29 is 14.3 Å². The van der Waals surface area contributed by atoms with Crippen LogP contribution in [-0.2, 0) is 4.74 Å². The zero-order valence-corrected chi connectivity index (χ0v) is 15.3. The second-order valence-electron chi connectivity index (χ2n) is 7.09. The highest BCUT2D eigenvalue weighted by Gasteiger charge is 2.22. The first kappa shape index (κ1) is 18.1. The highest BCUT2D eigenvalue weighted by atomic mass is 16.5. The molecular weight excluding hydrogens is 318 g/mol. The van der Waals surface area contributed by atoms with E-state index < -0.39 is 0 Å². The molecule has 1 aromatic rings. The summed E-state index contributed by atoms with van der Waals surface area (Å²) in [6.45, 7) is 9.46. The molecule has 0 bridgehead atoms. The Morgan fingerprint density at radius 3 is 2.68 bits per heavy atom. The zero-order valence-electron chi connectivity index (χ0n) is 15.3. The Morgan fingerprint density at radius 2 is 2.00 bits per heavy atom. The molecule has 2 aliphatic heterocycles. The summed E-state index contributed by atoms with van der Waals surface area (Å²) >= 11 is 0. The number of ether oxygens (including phenoxy) is 2. The fourth-order valence-electron chi connectivity index (χ4n) is 3.38. The number of aromatic nitrogens is 1. The smallest absolute Gasteiger partial charge is 0.255 e. The third kappa shape index (κ3) is 4.92. The SMILES string of the molecule is CC(C)N1CCCN(C(=O)c2ccc(OC3CCOCC3)nc2)CC1. The van der Waals surface area contributed by atoms with Crippen LogP contribution in [0.4, 0.5) is 0 Å². The molecule has 0 unspecified atom stereocenters. The molecule has 1 amide bonds. The van der Waals surface area contributed by atoms with Crippen LogP contribution in [0.2, 0.25) is 0 Å².